The first-order valence-corrected chi connectivity index (χ1v) is 3.87. The number of fused-ring (bicyclic) bond motifs is 1. The van der Waals surface area contributed by atoms with Gasteiger partial charge >= 0.3 is 5.97 Å². The molecule has 2 aromatic heterocycles. The SMILES string of the molecule is Cc1ccc2ccnn2c1C(=O)O. The van der Waals surface area contributed by atoms with Gasteiger partial charge in [0.15, 0.2) is 5.69 Å². The van der Waals surface area contributed by atoms with Gasteiger partial charge in [0.25, 0.3) is 0 Å². The molecule has 0 atom stereocenters. The summed E-state index contributed by atoms with van der Waals surface area (Å²) >= 11 is 0. The van der Waals surface area contributed by atoms with Gasteiger partial charge in [0, 0.05) is 0 Å². The van der Waals surface area contributed by atoms with Gasteiger partial charge in [-0.15, -0.1) is 0 Å². The van der Waals surface area contributed by atoms with E-state index in [1.54, 1.807) is 25.3 Å². The van der Waals surface area contributed by atoms with E-state index in [1.807, 2.05) is 6.07 Å². The van der Waals surface area contributed by atoms with Crippen molar-refractivity contribution in [3.8, 4) is 0 Å². The van der Waals surface area contributed by atoms with Crippen LogP contribution in [0.3, 0.4) is 0 Å². The third-order valence-electron chi connectivity index (χ3n) is 1.96. The molecule has 0 aliphatic rings. The van der Waals surface area contributed by atoms with Crippen LogP contribution in [0.1, 0.15) is 16.1 Å². The molecule has 0 aliphatic carbocycles. The minimum Gasteiger partial charge on any atom is -0.477 e. The number of carbonyl (C=O) groups is 1. The van der Waals surface area contributed by atoms with Crippen LogP contribution in [0.4, 0.5) is 0 Å². The second-order valence-corrected chi connectivity index (χ2v) is 2.84. The van der Waals surface area contributed by atoms with E-state index >= 15 is 0 Å². The summed E-state index contributed by atoms with van der Waals surface area (Å²) in [4.78, 5) is 10.9. The summed E-state index contributed by atoms with van der Waals surface area (Å²) in [5.74, 6) is -0.952. The summed E-state index contributed by atoms with van der Waals surface area (Å²) in [6, 6.07) is 5.39. The van der Waals surface area contributed by atoms with Crippen LogP contribution in [0.2, 0.25) is 0 Å². The van der Waals surface area contributed by atoms with Gasteiger partial charge in [0.2, 0.25) is 0 Å². The quantitative estimate of drug-likeness (QED) is 0.713. The predicted molar refractivity (Wildman–Crippen MR) is 46.9 cm³/mol. The Morgan fingerprint density at radius 1 is 1.46 bits per heavy atom. The number of hydrogen-bond donors (Lipinski definition) is 1. The van der Waals surface area contributed by atoms with E-state index in [4.69, 9.17) is 5.11 Å². The van der Waals surface area contributed by atoms with Gasteiger partial charge < -0.3 is 5.11 Å². The molecule has 0 radical (unpaired) electrons. The molecule has 0 aromatic carbocycles. The summed E-state index contributed by atoms with van der Waals surface area (Å²) in [6.45, 7) is 1.75. The van der Waals surface area contributed by atoms with Gasteiger partial charge in [0.05, 0.1) is 11.7 Å². The number of aromatic carboxylic acids is 1. The standard InChI is InChI=1S/C9H8N2O2/c1-6-2-3-7-4-5-10-11(7)8(6)9(12)13/h2-5H,1H3,(H,12,13). The lowest BCUT2D eigenvalue weighted by Gasteiger charge is -2.02. The minimum atomic E-state index is -0.952. The van der Waals surface area contributed by atoms with Crippen LogP contribution < -0.4 is 0 Å². The first-order chi connectivity index (χ1) is 6.20. The molecule has 2 aromatic rings. The Balaban J connectivity index is 2.88. The van der Waals surface area contributed by atoms with E-state index in [2.05, 4.69) is 5.10 Å². The van der Waals surface area contributed by atoms with Crippen molar-refractivity contribution in [1.82, 2.24) is 9.61 Å². The summed E-state index contributed by atoms with van der Waals surface area (Å²) in [5, 5.41) is 12.9. The molecule has 0 saturated carbocycles. The van der Waals surface area contributed by atoms with Crippen LogP contribution in [-0.4, -0.2) is 20.7 Å². The molecule has 13 heavy (non-hydrogen) atoms. The molecule has 0 spiro atoms. The first kappa shape index (κ1) is 7.79. The van der Waals surface area contributed by atoms with E-state index in [9.17, 15) is 4.79 Å². The van der Waals surface area contributed by atoms with Crippen molar-refractivity contribution in [2.24, 2.45) is 0 Å². The zero-order chi connectivity index (χ0) is 9.42. The molecule has 4 nitrogen and oxygen atoms in total. The molecule has 0 fully saturated rings. The van der Waals surface area contributed by atoms with Crippen LogP contribution in [0, 0.1) is 6.92 Å². The van der Waals surface area contributed by atoms with E-state index in [0.717, 1.165) is 5.52 Å². The van der Waals surface area contributed by atoms with Crippen molar-refractivity contribution in [3.05, 3.63) is 35.7 Å². The van der Waals surface area contributed by atoms with Crippen LogP contribution >= 0.6 is 0 Å². The molecule has 4 heteroatoms. The molecular formula is C9H8N2O2. The van der Waals surface area contributed by atoms with Crippen LogP contribution in [0.15, 0.2) is 24.4 Å². The maximum Gasteiger partial charge on any atom is 0.354 e. The predicted octanol–water partition coefficient (Wildman–Crippen LogP) is 1.34. The number of carboxylic acids is 1. The smallest absolute Gasteiger partial charge is 0.354 e. The Morgan fingerprint density at radius 2 is 2.23 bits per heavy atom. The lowest BCUT2D eigenvalue weighted by molar-refractivity contribution is 0.0686. The third kappa shape index (κ3) is 1.07. The van der Waals surface area contributed by atoms with Gasteiger partial charge in [-0.2, -0.15) is 5.10 Å². The average molecular weight is 176 g/mol. The molecule has 0 unspecified atom stereocenters. The lowest BCUT2D eigenvalue weighted by atomic mass is 10.2. The molecule has 0 amide bonds. The fourth-order valence-corrected chi connectivity index (χ4v) is 1.34. The highest BCUT2D eigenvalue weighted by Gasteiger charge is 2.11. The van der Waals surface area contributed by atoms with E-state index < -0.39 is 5.97 Å². The fraction of sp³-hybridized carbons (Fsp3) is 0.111. The van der Waals surface area contributed by atoms with E-state index in [1.165, 1.54) is 4.52 Å². The Hall–Kier alpha value is -1.84. The highest BCUT2D eigenvalue weighted by Crippen LogP contribution is 2.11. The first-order valence-electron chi connectivity index (χ1n) is 3.87. The van der Waals surface area contributed by atoms with Crippen molar-refractivity contribution < 1.29 is 9.90 Å². The van der Waals surface area contributed by atoms with Crippen molar-refractivity contribution in [2.75, 3.05) is 0 Å². The zero-order valence-electron chi connectivity index (χ0n) is 7.06. The summed E-state index contributed by atoms with van der Waals surface area (Å²) in [5.41, 5.74) is 1.73. The highest BCUT2D eigenvalue weighted by atomic mass is 16.4. The molecule has 66 valence electrons. The maximum atomic E-state index is 10.9. The fourth-order valence-electron chi connectivity index (χ4n) is 1.34. The number of pyridine rings is 1. The van der Waals surface area contributed by atoms with Crippen molar-refractivity contribution in [1.29, 1.82) is 0 Å². The number of aromatic nitrogens is 2. The Bertz CT molecular complexity index is 473. The number of rotatable bonds is 1. The van der Waals surface area contributed by atoms with Crippen molar-refractivity contribution >= 4 is 11.5 Å². The number of hydrogen-bond acceptors (Lipinski definition) is 2. The zero-order valence-corrected chi connectivity index (χ0v) is 7.06. The lowest BCUT2D eigenvalue weighted by Crippen LogP contribution is -2.08. The van der Waals surface area contributed by atoms with Crippen LogP contribution in [0.25, 0.3) is 5.52 Å². The van der Waals surface area contributed by atoms with Gasteiger partial charge in [-0.25, -0.2) is 9.31 Å². The average Bonchev–Trinajstić information content (AvgIpc) is 2.50. The van der Waals surface area contributed by atoms with Gasteiger partial charge in [-0.3, -0.25) is 0 Å². The Labute approximate surface area is 74.4 Å². The van der Waals surface area contributed by atoms with Gasteiger partial charge in [-0.1, -0.05) is 6.07 Å². The summed E-state index contributed by atoms with van der Waals surface area (Å²) in [7, 11) is 0. The maximum absolute atomic E-state index is 10.9. The highest BCUT2D eigenvalue weighted by molar-refractivity contribution is 5.88. The molecule has 0 bridgehead atoms. The largest absolute Gasteiger partial charge is 0.477 e. The molecule has 2 heterocycles. The molecule has 2 rings (SSSR count). The second-order valence-electron chi connectivity index (χ2n) is 2.84. The van der Waals surface area contributed by atoms with Crippen LogP contribution in [0.5, 0.6) is 0 Å². The number of aryl methyl sites for hydroxylation is 1. The number of carboxylic acid groups (broad SMARTS) is 1. The monoisotopic (exact) mass is 176 g/mol. The molecule has 0 saturated heterocycles. The van der Waals surface area contributed by atoms with Crippen molar-refractivity contribution in [2.45, 2.75) is 6.92 Å². The Kier molecular flexibility index (Phi) is 1.55. The second kappa shape index (κ2) is 2.58. The van der Waals surface area contributed by atoms with Gasteiger partial charge in [-0.05, 0) is 24.6 Å². The summed E-state index contributed by atoms with van der Waals surface area (Å²) < 4.78 is 1.43. The normalized spacial score (nSPS) is 10.5. The third-order valence-corrected chi connectivity index (χ3v) is 1.96. The molecule has 1 N–H and O–H groups in total. The molecule has 0 aliphatic heterocycles. The minimum absolute atomic E-state index is 0.225. The van der Waals surface area contributed by atoms with E-state index in [-0.39, 0.29) is 5.69 Å². The van der Waals surface area contributed by atoms with Crippen molar-refractivity contribution in [3.63, 3.8) is 0 Å². The Morgan fingerprint density at radius 3 is 2.92 bits per heavy atom. The summed E-state index contributed by atoms with van der Waals surface area (Å²) in [6.07, 6.45) is 1.58. The van der Waals surface area contributed by atoms with Crippen LogP contribution in [-0.2, 0) is 0 Å². The number of nitrogens with zero attached hydrogens (tertiary/aromatic N) is 2. The topological polar surface area (TPSA) is 54.6 Å². The van der Waals surface area contributed by atoms with Gasteiger partial charge in [0.1, 0.15) is 0 Å². The van der Waals surface area contributed by atoms with E-state index in [0.29, 0.717) is 5.56 Å². The molecular weight excluding hydrogens is 168 g/mol.